The molecule has 1 aliphatic heterocycles. The summed E-state index contributed by atoms with van der Waals surface area (Å²) in [6, 6.07) is 14.3. The molecule has 5 rings (SSSR count). The molecule has 7 heteroatoms. The lowest BCUT2D eigenvalue weighted by atomic mass is 10.2. The molecule has 1 aromatic carbocycles. The van der Waals surface area contributed by atoms with Crippen LogP contribution in [0.4, 0.5) is 11.5 Å². The van der Waals surface area contributed by atoms with Gasteiger partial charge in [-0.3, -0.25) is 4.98 Å². The smallest absolute Gasteiger partial charge is 0.164 e. The minimum atomic E-state index is 0.743. The summed E-state index contributed by atoms with van der Waals surface area (Å²) < 4.78 is 0. The molecule has 152 valence electrons. The number of piperazine rings is 1. The molecule has 0 spiro atoms. The van der Waals surface area contributed by atoms with Crippen LogP contribution < -0.4 is 9.80 Å². The van der Waals surface area contributed by atoms with Gasteiger partial charge in [-0.2, -0.15) is 0 Å². The molecule has 0 aliphatic carbocycles. The minimum Gasteiger partial charge on any atom is -0.368 e. The molecule has 0 bridgehead atoms. The van der Waals surface area contributed by atoms with E-state index in [1.54, 1.807) is 17.5 Å². The Morgan fingerprint density at radius 3 is 2.57 bits per heavy atom. The van der Waals surface area contributed by atoms with E-state index >= 15 is 0 Å². The Morgan fingerprint density at radius 1 is 1.00 bits per heavy atom. The van der Waals surface area contributed by atoms with Gasteiger partial charge in [-0.1, -0.05) is 24.6 Å². The van der Waals surface area contributed by atoms with E-state index in [-0.39, 0.29) is 0 Å². The van der Waals surface area contributed by atoms with Gasteiger partial charge in [-0.05, 0) is 42.8 Å². The van der Waals surface area contributed by atoms with Gasteiger partial charge in [0.15, 0.2) is 5.82 Å². The van der Waals surface area contributed by atoms with E-state index in [0.29, 0.717) is 0 Å². The summed E-state index contributed by atoms with van der Waals surface area (Å²) in [6.07, 6.45) is 4.61. The summed E-state index contributed by atoms with van der Waals surface area (Å²) in [6.45, 7) is 5.85. The standard InChI is InChI=1S/C23H22ClN5S/c1-2-19-14-20-22(26-21(27-23(20)30-19)16-5-4-8-25-15-16)29-11-9-28(10-12-29)18-7-3-6-17(24)13-18/h3-8,13-15H,2,9-12H2,1H3. The van der Waals surface area contributed by atoms with Gasteiger partial charge in [0.25, 0.3) is 0 Å². The van der Waals surface area contributed by atoms with Crippen LogP contribution in [0.5, 0.6) is 0 Å². The summed E-state index contributed by atoms with van der Waals surface area (Å²) in [5.41, 5.74) is 2.12. The number of pyridine rings is 1. The van der Waals surface area contributed by atoms with E-state index < -0.39 is 0 Å². The van der Waals surface area contributed by atoms with Crippen LogP contribution >= 0.6 is 22.9 Å². The lowest BCUT2D eigenvalue weighted by Crippen LogP contribution is -2.47. The highest BCUT2D eigenvalue weighted by molar-refractivity contribution is 7.18. The first-order valence-corrected chi connectivity index (χ1v) is 11.4. The molecule has 1 saturated heterocycles. The highest BCUT2D eigenvalue weighted by Crippen LogP contribution is 2.34. The van der Waals surface area contributed by atoms with E-state index in [4.69, 9.17) is 21.6 Å². The van der Waals surface area contributed by atoms with Gasteiger partial charge < -0.3 is 9.80 Å². The molecule has 3 aromatic heterocycles. The van der Waals surface area contributed by atoms with Gasteiger partial charge in [-0.25, -0.2) is 9.97 Å². The SMILES string of the molecule is CCc1cc2c(N3CCN(c4cccc(Cl)c4)CC3)nc(-c3cccnc3)nc2s1. The fraction of sp³-hybridized carbons (Fsp3) is 0.261. The van der Waals surface area contributed by atoms with E-state index in [1.807, 2.05) is 36.5 Å². The van der Waals surface area contributed by atoms with Crippen LogP contribution in [0.1, 0.15) is 11.8 Å². The van der Waals surface area contributed by atoms with Crippen LogP contribution in [-0.4, -0.2) is 41.1 Å². The average molecular weight is 436 g/mol. The largest absolute Gasteiger partial charge is 0.368 e. The highest BCUT2D eigenvalue weighted by Gasteiger charge is 2.22. The van der Waals surface area contributed by atoms with Gasteiger partial charge in [0.2, 0.25) is 0 Å². The van der Waals surface area contributed by atoms with Crippen molar-refractivity contribution in [2.24, 2.45) is 0 Å². The molecule has 0 amide bonds. The molecule has 1 aliphatic rings. The van der Waals surface area contributed by atoms with Crippen molar-refractivity contribution >= 4 is 44.7 Å². The third-order valence-electron chi connectivity index (χ3n) is 5.44. The van der Waals surface area contributed by atoms with E-state index in [1.165, 1.54) is 10.6 Å². The third kappa shape index (κ3) is 3.73. The van der Waals surface area contributed by atoms with Crippen molar-refractivity contribution in [3.63, 3.8) is 0 Å². The van der Waals surface area contributed by atoms with Crippen molar-refractivity contribution in [2.45, 2.75) is 13.3 Å². The lowest BCUT2D eigenvalue weighted by molar-refractivity contribution is 0.649. The minimum absolute atomic E-state index is 0.743. The zero-order chi connectivity index (χ0) is 20.5. The molecule has 0 unspecified atom stereocenters. The number of hydrogen-bond donors (Lipinski definition) is 0. The number of halogens is 1. The zero-order valence-electron chi connectivity index (χ0n) is 16.8. The molecule has 0 radical (unpaired) electrons. The summed E-state index contributed by atoms with van der Waals surface area (Å²) >= 11 is 7.95. The summed E-state index contributed by atoms with van der Waals surface area (Å²) in [5.74, 6) is 1.77. The van der Waals surface area contributed by atoms with E-state index in [9.17, 15) is 0 Å². The third-order valence-corrected chi connectivity index (χ3v) is 6.85. The Bertz CT molecular complexity index is 1170. The number of benzene rings is 1. The van der Waals surface area contributed by atoms with Crippen molar-refractivity contribution in [1.82, 2.24) is 15.0 Å². The normalized spacial score (nSPS) is 14.5. The molecule has 0 saturated carbocycles. The van der Waals surface area contributed by atoms with Gasteiger partial charge >= 0.3 is 0 Å². The number of nitrogens with zero attached hydrogens (tertiary/aromatic N) is 5. The lowest BCUT2D eigenvalue weighted by Gasteiger charge is -2.37. The topological polar surface area (TPSA) is 45.2 Å². The molecule has 0 N–H and O–H groups in total. The second kappa shape index (κ2) is 8.20. The second-order valence-electron chi connectivity index (χ2n) is 7.35. The Balaban J connectivity index is 1.48. The molecule has 4 aromatic rings. The van der Waals surface area contributed by atoms with Gasteiger partial charge in [0.05, 0.1) is 5.39 Å². The number of aryl methyl sites for hydroxylation is 1. The first-order chi connectivity index (χ1) is 14.7. The number of rotatable bonds is 4. The summed E-state index contributed by atoms with van der Waals surface area (Å²) in [4.78, 5) is 21.3. The van der Waals surface area contributed by atoms with Crippen molar-refractivity contribution in [2.75, 3.05) is 36.0 Å². The maximum Gasteiger partial charge on any atom is 0.164 e. The number of hydrogen-bond acceptors (Lipinski definition) is 6. The second-order valence-corrected chi connectivity index (χ2v) is 8.90. The van der Waals surface area contributed by atoms with Crippen molar-refractivity contribution in [3.05, 3.63) is 64.8 Å². The first-order valence-electron chi connectivity index (χ1n) is 10.2. The first kappa shape index (κ1) is 19.3. The summed E-state index contributed by atoms with van der Waals surface area (Å²) in [5, 5.41) is 1.93. The zero-order valence-corrected chi connectivity index (χ0v) is 18.3. The molecule has 4 heterocycles. The van der Waals surface area contributed by atoms with Gasteiger partial charge in [-0.15, -0.1) is 11.3 Å². The van der Waals surface area contributed by atoms with Crippen molar-refractivity contribution < 1.29 is 0 Å². The Hall–Kier alpha value is -2.70. The molecular weight excluding hydrogens is 414 g/mol. The average Bonchev–Trinajstić information content (AvgIpc) is 3.22. The molecule has 30 heavy (non-hydrogen) atoms. The van der Waals surface area contributed by atoms with Gasteiger partial charge in [0.1, 0.15) is 10.6 Å². The van der Waals surface area contributed by atoms with Crippen LogP contribution in [0, 0.1) is 0 Å². The monoisotopic (exact) mass is 435 g/mol. The number of anilines is 2. The summed E-state index contributed by atoms with van der Waals surface area (Å²) in [7, 11) is 0. The molecule has 5 nitrogen and oxygen atoms in total. The highest BCUT2D eigenvalue weighted by atomic mass is 35.5. The molecule has 1 fully saturated rings. The Labute approximate surface area is 185 Å². The number of fused-ring (bicyclic) bond motifs is 1. The van der Waals surface area contributed by atoms with E-state index in [2.05, 4.69) is 33.8 Å². The quantitative estimate of drug-likeness (QED) is 0.435. The maximum atomic E-state index is 6.19. The van der Waals surface area contributed by atoms with Crippen LogP contribution in [0.3, 0.4) is 0 Å². The number of thiophene rings is 1. The van der Waals surface area contributed by atoms with Crippen molar-refractivity contribution in [3.8, 4) is 11.4 Å². The Morgan fingerprint density at radius 2 is 1.83 bits per heavy atom. The van der Waals surface area contributed by atoms with E-state index in [0.717, 1.165) is 65.0 Å². The predicted molar refractivity (Wildman–Crippen MR) is 126 cm³/mol. The van der Waals surface area contributed by atoms with Gasteiger partial charge in [0, 0.05) is 59.7 Å². The fourth-order valence-electron chi connectivity index (χ4n) is 3.84. The van der Waals surface area contributed by atoms with Crippen LogP contribution in [0.25, 0.3) is 21.6 Å². The maximum absolute atomic E-state index is 6.19. The van der Waals surface area contributed by atoms with Crippen LogP contribution in [-0.2, 0) is 6.42 Å². The molecule has 0 atom stereocenters. The predicted octanol–water partition coefficient (Wildman–Crippen LogP) is 5.30. The van der Waals surface area contributed by atoms with Crippen molar-refractivity contribution in [1.29, 1.82) is 0 Å². The van der Waals surface area contributed by atoms with Crippen LogP contribution in [0.2, 0.25) is 5.02 Å². The Kier molecular flexibility index (Phi) is 5.27. The number of aromatic nitrogens is 3. The fourth-order valence-corrected chi connectivity index (χ4v) is 4.99. The molecular formula is C23H22ClN5S. The van der Waals surface area contributed by atoms with Crippen LogP contribution in [0.15, 0.2) is 54.9 Å².